The molecule has 0 bridgehead atoms. The zero-order valence-corrected chi connectivity index (χ0v) is 10.8. The molecule has 0 aromatic rings. The van der Waals surface area contributed by atoms with Crippen molar-refractivity contribution in [1.29, 1.82) is 0 Å². The molecule has 0 N–H and O–H groups in total. The van der Waals surface area contributed by atoms with Crippen LogP contribution in [-0.4, -0.2) is 15.4 Å². The Bertz CT molecular complexity index is 201. The van der Waals surface area contributed by atoms with Gasteiger partial charge in [-0.3, -0.25) is 4.79 Å². The van der Waals surface area contributed by atoms with E-state index in [4.69, 9.17) is 0 Å². The third kappa shape index (κ3) is 1.63. The zero-order chi connectivity index (χ0) is 9.52. The summed E-state index contributed by atoms with van der Waals surface area (Å²) >= 11 is 7.21. The van der Waals surface area contributed by atoms with Gasteiger partial charge in [0.25, 0.3) is 0 Å². The summed E-state index contributed by atoms with van der Waals surface area (Å²) in [5.41, 5.74) is -0.222. The van der Waals surface area contributed by atoms with Crippen molar-refractivity contribution >= 4 is 37.6 Å². The van der Waals surface area contributed by atoms with Crippen molar-refractivity contribution in [3.05, 3.63) is 0 Å². The number of halogens is 2. The van der Waals surface area contributed by atoms with Gasteiger partial charge in [0.05, 0.1) is 0 Å². The Morgan fingerprint density at radius 1 is 1.42 bits per heavy atom. The SMILES string of the molecule is C[C@@H]1CC(=O)C(C)(C)[C@@H](Br)[C@@H]1Br. The molecule has 1 fully saturated rings. The molecule has 0 amide bonds. The highest BCUT2D eigenvalue weighted by molar-refractivity contribution is 9.12. The van der Waals surface area contributed by atoms with E-state index in [1.54, 1.807) is 0 Å². The predicted molar refractivity (Wildman–Crippen MR) is 58.0 cm³/mol. The first-order valence-electron chi connectivity index (χ1n) is 4.19. The standard InChI is InChI=1S/C9H14Br2O/c1-5-4-6(12)9(2,3)8(11)7(5)10/h5,7-8H,4H2,1-3H3/t5-,7-,8+/m1/s1. The topological polar surface area (TPSA) is 17.1 Å². The Labute approximate surface area is 90.5 Å². The molecule has 0 unspecified atom stereocenters. The van der Waals surface area contributed by atoms with E-state index in [2.05, 4.69) is 38.8 Å². The second-order valence-electron chi connectivity index (χ2n) is 4.17. The quantitative estimate of drug-likeness (QED) is 0.628. The van der Waals surface area contributed by atoms with Gasteiger partial charge in [-0.1, -0.05) is 52.6 Å². The van der Waals surface area contributed by atoms with Gasteiger partial charge in [-0.25, -0.2) is 0 Å². The third-order valence-corrected chi connectivity index (χ3v) is 6.59. The van der Waals surface area contributed by atoms with Gasteiger partial charge in [-0.15, -0.1) is 0 Å². The molecular weight excluding hydrogens is 284 g/mol. The predicted octanol–water partition coefficient (Wildman–Crippen LogP) is 3.15. The van der Waals surface area contributed by atoms with Gasteiger partial charge >= 0.3 is 0 Å². The zero-order valence-electron chi connectivity index (χ0n) is 7.60. The summed E-state index contributed by atoms with van der Waals surface area (Å²) in [6, 6.07) is 0. The molecule has 0 aromatic carbocycles. The molecule has 0 radical (unpaired) electrons. The lowest BCUT2D eigenvalue weighted by Gasteiger charge is -2.40. The van der Waals surface area contributed by atoms with Crippen LogP contribution in [0.2, 0.25) is 0 Å². The Hall–Kier alpha value is 0.630. The minimum Gasteiger partial charge on any atom is -0.299 e. The minimum atomic E-state index is -0.222. The summed E-state index contributed by atoms with van der Waals surface area (Å²) in [6.45, 7) is 6.13. The van der Waals surface area contributed by atoms with Crippen molar-refractivity contribution in [1.82, 2.24) is 0 Å². The van der Waals surface area contributed by atoms with Crippen molar-refractivity contribution in [2.24, 2.45) is 11.3 Å². The third-order valence-electron chi connectivity index (χ3n) is 2.74. The molecule has 1 saturated carbocycles. The summed E-state index contributed by atoms with van der Waals surface area (Å²) in [5, 5.41) is 0. The molecule has 0 heterocycles. The van der Waals surface area contributed by atoms with Crippen molar-refractivity contribution in [3.8, 4) is 0 Å². The van der Waals surface area contributed by atoms with Crippen LogP contribution in [0, 0.1) is 11.3 Å². The van der Waals surface area contributed by atoms with E-state index in [1.165, 1.54) is 0 Å². The molecular formula is C9H14Br2O. The summed E-state index contributed by atoms with van der Waals surface area (Å²) in [5.74, 6) is 0.808. The molecule has 1 rings (SSSR count). The maximum Gasteiger partial charge on any atom is 0.139 e. The maximum atomic E-state index is 11.6. The van der Waals surface area contributed by atoms with Crippen LogP contribution in [0.25, 0.3) is 0 Å². The van der Waals surface area contributed by atoms with Gasteiger partial charge in [-0.05, 0) is 5.92 Å². The van der Waals surface area contributed by atoms with Gasteiger partial charge in [0.15, 0.2) is 0 Å². The largest absolute Gasteiger partial charge is 0.299 e. The number of hydrogen-bond acceptors (Lipinski definition) is 1. The number of Topliss-reactive ketones (excluding diaryl/α,β-unsaturated/α-hetero) is 1. The van der Waals surface area contributed by atoms with Gasteiger partial charge in [-0.2, -0.15) is 0 Å². The van der Waals surface area contributed by atoms with E-state index in [-0.39, 0.29) is 10.2 Å². The molecule has 12 heavy (non-hydrogen) atoms. The number of carbonyl (C=O) groups excluding carboxylic acids is 1. The van der Waals surface area contributed by atoms with Crippen LogP contribution >= 0.6 is 31.9 Å². The first-order chi connectivity index (χ1) is 5.37. The Morgan fingerprint density at radius 2 is 1.92 bits per heavy atom. The molecule has 1 aliphatic carbocycles. The number of carbonyl (C=O) groups is 1. The van der Waals surface area contributed by atoms with Crippen molar-refractivity contribution in [3.63, 3.8) is 0 Å². The smallest absolute Gasteiger partial charge is 0.139 e. The molecule has 1 nitrogen and oxygen atoms in total. The summed E-state index contributed by atoms with van der Waals surface area (Å²) in [4.78, 5) is 12.3. The van der Waals surface area contributed by atoms with Crippen molar-refractivity contribution in [2.45, 2.75) is 36.8 Å². The number of rotatable bonds is 0. The number of ketones is 1. The summed E-state index contributed by atoms with van der Waals surface area (Å²) < 4.78 is 0. The van der Waals surface area contributed by atoms with E-state index in [1.807, 2.05) is 13.8 Å². The Balaban J connectivity index is 2.88. The highest BCUT2D eigenvalue weighted by Gasteiger charge is 2.45. The van der Waals surface area contributed by atoms with Crippen molar-refractivity contribution < 1.29 is 4.79 Å². The molecule has 0 aromatic heterocycles. The molecule has 3 atom stereocenters. The van der Waals surface area contributed by atoms with Crippen LogP contribution in [0.1, 0.15) is 27.2 Å². The summed E-state index contributed by atoms with van der Waals surface area (Å²) in [7, 11) is 0. The van der Waals surface area contributed by atoms with Crippen LogP contribution in [0.5, 0.6) is 0 Å². The lowest BCUT2D eigenvalue weighted by atomic mass is 9.72. The minimum absolute atomic E-state index is 0.222. The lowest BCUT2D eigenvalue weighted by Crippen LogP contribution is -2.47. The molecule has 0 spiro atoms. The van der Waals surface area contributed by atoms with Gasteiger partial charge in [0.2, 0.25) is 0 Å². The molecule has 0 saturated heterocycles. The summed E-state index contributed by atoms with van der Waals surface area (Å²) in [6.07, 6.45) is 0.699. The lowest BCUT2D eigenvalue weighted by molar-refractivity contribution is -0.129. The highest BCUT2D eigenvalue weighted by atomic mass is 79.9. The maximum absolute atomic E-state index is 11.6. The normalized spacial score (nSPS) is 41.4. The Kier molecular flexibility index (Phi) is 3.04. The average Bonchev–Trinajstić information content (AvgIpc) is 1.99. The molecule has 0 aliphatic heterocycles. The first-order valence-corrected chi connectivity index (χ1v) is 6.02. The van der Waals surface area contributed by atoms with E-state index < -0.39 is 0 Å². The van der Waals surface area contributed by atoms with E-state index >= 15 is 0 Å². The first kappa shape index (κ1) is 10.7. The highest BCUT2D eigenvalue weighted by Crippen LogP contribution is 2.43. The van der Waals surface area contributed by atoms with Crippen LogP contribution in [0.15, 0.2) is 0 Å². The van der Waals surface area contributed by atoms with Crippen LogP contribution in [0.4, 0.5) is 0 Å². The molecule has 1 aliphatic rings. The van der Waals surface area contributed by atoms with Gasteiger partial charge in [0.1, 0.15) is 5.78 Å². The average molecular weight is 298 g/mol. The molecule has 3 heteroatoms. The monoisotopic (exact) mass is 296 g/mol. The van der Waals surface area contributed by atoms with Gasteiger partial charge in [0, 0.05) is 21.5 Å². The van der Waals surface area contributed by atoms with E-state index in [0.29, 0.717) is 22.9 Å². The Morgan fingerprint density at radius 3 is 2.42 bits per heavy atom. The fourth-order valence-electron chi connectivity index (χ4n) is 1.51. The number of hydrogen-bond donors (Lipinski definition) is 0. The van der Waals surface area contributed by atoms with Crippen molar-refractivity contribution in [2.75, 3.05) is 0 Å². The number of alkyl halides is 2. The van der Waals surface area contributed by atoms with Crippen LogP contribution < -0.4 is 0 Å². The second-order valence-corrected chi connectivity index (χ2v) is 6.22. The van der Waals surface area contributed by atoms with E-state index in [9.17, 15) is 4.79 Å². The van der Waals surface area contributed by atoms with E-state index in [0.717, 1.165) is 0 Å². The van der Waals surface area contributed by atoms with Crippen LogP contribution in [0.3, 0.4) is 0 Å². The fourth-order valence-corrected chi connectivity index (χ4v) is 3.13. The second kappa shape index (κ2) is 3.41. The fraction of sp³-hybridized carbons (Fsp3) is 0.889. The molecule has 70 valence electrons. The van der Waals surface area contributed by atoms with Crippen LogP contribution in [-0.2, 0) is 4.79 Å². The van der Waals surface area contributed by atoms with Gasteiger partial charge < -0.3 is 0 Å².